The summed E-state index contributed by atoms with van der Waals surface area (Å²) in [6, 6.07) is 5.41. The summed E-state index contributed by atoms with van der Waals surface area (Å²) in [4.78, 5) is 16.3. The molecule has 2 heterocycles. The molecule has 1 unspecified atom stereocenters. The Kier molecular flexibility index (Phi) is 4.90. The molecule has 2 aliphatic rings. The fourth-order valence-corrected chi connectivity index (χ4v) is 5.50. The Morgan fingerprint density at radius 2 is 1.50 bits per heavy atom. The number of hydrogen-bond acceptors (Lipinski definition) is 4. The van der Waals surface area contributed by atoms with Gasteiger partial charge in [0.05, 0.1) is 6.04 Å². The molecule has 0 radical (unpaired) electrons. The molecule has 0 aromatic heterocycles. The van der Waals surface area contributed by atoms with Crippen LogP contribution < -0.4 is 9.47 Å². The lowest BCUT2D eigenvalue weighted by atomic mass is 9.57. The van der Waals surface area contributed by atoms with Gasteiger partial charge in [0.1, 0.15) is 0 Å². The third-order valence-electron chi connectivity index (χ3n) is 8.66. The van der Waals surface area contributed by atoms with Gasteiger partial charge in [-0.3, -0.25) is 9.69 Å². The fraction of sp³-hybridized carbons (Fsp3) is 0.708. The topological polar surface area (TPSA) is 38.8 Å². The lowest BCUT2D eigenvalue weighted by Gasteiger charge is -2.48. The smallest absolute Gasteiger partial charge is 0.231 e. The molecule has 0 N–H and O–H groups in total. The molecular weight excluding hydrogens is 350 g/mol. The van der Waals surface area contributed by atoms with Crippen molar-refractivity contribution in [3.8, 4) is 11.5 Å². The van der Waals surface area contributed by atoms with E-state index in [9.17, 15) is 4.79 Å². The van der Waals surface area contributed by atoms with Gasteiger partial charge >= 0.3 is 0 Å². The largest absolute Gasteiger partial charge is 0.454 e. The molecule has 2 aliphatic heterocycles. The average Bonchev–Trinajstić information content (AvgIpc) is 3.09. The highest BCUT2D eigenvalue weighted by Crippen LogP contribution is 2.64. The van der Waals surface area contributed by atoms with E-state index in [0.717, 1.165) is 12.8 Å². The molecule has 0 amide bonds. The van der Waals surface area contributed by atoms with Crippen LogP contribution in [0.3, 0.4) is 0 Å². The number of ether oxygens (including phenoxy) is 2. The number of fused-ring (bicyclic) bond motifs is 1. The maximum Gasteiger partial charge on any atom is 0.231 e. The number of benzene rings is 1. The molecule has 0 saturated carbocycles. The highest BCUT2D eigenvalue weighted by Gasteiger charge is 2.68. The summed E-state index contributed by atoms with van der Waals surface area (Å²) in [5.74, 6) is 1.56. The van der Waals surface area contributed by atoms with E-state index in [4.69, 9.17) is 9.47 Å². The maximum atomic E-state index is 13.8. The molecule has 1 aromatic carbocycles. The van der Waals surface area contributed by atoms with Crippen molar-refractivity contribution in [3.05, 3.63) is 23.8 Å². The number of likely N-dealkylation sites (tertiary alicyclic amines) is 1. The Morgan fingerprint density at radius 1 is 0.964 bits per heavy atom. The van der Waals surface area contributed by atoms with Crippen LogP contribution in [0.2, 0.25) is 0 Å². The van der Waals surface area contributed by atoms with Crippen LogP contribution in [-0.4, -0.2) is 34.6 Å². The maximum absolute atomic E-state index is 13.8. The van der Waals surface area contributed by atoms with Crippen LogP contribution in [-0.2, 0) is 0 Å². The van der Waals surface area contributed by atoms with Gasteiger partial charge < -0.3 is 9.47 Å². The second-order valence-electron chi connectivity index (χ2n) is 10.5. The number of carbonyl (C=O) groups excluding carboxylic acids is 1. The number of rotatable bonds is 5. The van der Waals surface area contributed by atoms with Crippen molar-refractivity contribution in [3.63, 3.8) is 0 Å². The first kappa shape index (κ1) is 21.2. The highest BCUT2D eigenvalue weighted by atomic mass is 16.7. The Balaban J connectivity index is 2.07. The van der Waals surface area contributed by atoms with Crippen LogP contribution in [0.1, 0.15) is 85.5 Å². The second kappa shape index (κ2) is 6.48. The molecule has 0 bridgehead atoms. The molecule has 0 aliphatic carbocycles. The minimum absolute atomic E-state index is 0.0324. The third kappa shape index (κ3) is 2.63. The Bertz CT molecular complexity index is 750. The lowest BCUT2D eigenvalue weighted by molar-refractivity contribution is 0.00193. The van der Waals surface area contributed by atoms with E-state index in [2.05, 4.69) is 67.2 Å². The summed E-state index contributed by atoms with van der Waals surface area (Å²) in [7, 11) is 0. The van der Waals surface area contributed by atoms with E-state index in [1.807, 2.05) is 18.2 Å². The Hall–Kier alpha value is -1.55. The zero-order chi connectivity index (χ0) is 21.1. The van der Waals surface area contributed by atoms with Crippen molar-refractivity contribution in [2.24, 2.45) is 10.8 Å². The molecule has 4 nitrogen and oxygen atoms in total. The summed E-state index contributed by atoms with van der Waals surface area (Å²) in [6.07, 6.45) is 1.80. The molecule has 0 spiro atoms. The van der Waals surface area contributed by atoms with E-state index in [1.165, 1.54) is 0 Å². The van der Waals surface area contributed by atoms with E-state index >= 15 is 0 Å². The Morgan fingerprint density at radius 3 is 2.04 bits per heavy atom. The van der Waals surface area contributed by atoms with Crippen molar-refractivity contribution in [2.75, 3.05) is 6.79 Å². The van der Waals surface area contributed by atoms with Crippen molar-refractivity contribution in [1.82, 2.24) is 4.90 Å². The van der Waals surface area contributed by atoms with Crippen molar-refractivity contribution in [1.29, 1.82) is 0 Å². The van der Waals surface area contributed by atoms with Crippen molar-refractivity contribution >= 4 is 5.78 Å². The van der Waals surface area contributed by atoms with Gasteiger partial charge in [0.25, 0.3) is 0 Å². The monoisotopic (exact) mass is 387 g/mol. The number of hydrogen-bond donors (Lipinski definition) is 0. The van der Waals surface area contributed by atoms with Crippen LogP contribution in [0.15, 0.2) is 18.2 Å². The number of Topliss-reactive ketones (excluding diaryl/α,β-unsaturated/α-hetero) is 1. The van der Waals surface area contributed by atoms with Gasteiger partial charge in [-0.05, 0) is 63.1 Å². The van der Waals surface area contributed by atoms with Gasteiger partial charge in [0, 0.05) is 16.6 Å². The number of ketones is 1. The van der Waals surface area contributed by atoms with Crippen LogP contribution in [0, 0.1) is 10.8 Å². The van der Waals surface area contributed by atoms with Crippen LogP contribution in [0.25, 0.3) is 0 Å². The minimum atomic E-state index is -0.170. The molecule has 1 saturated heterocycles. The molecule has 1 aromatic rings. The Labute approximate surface area is 170 Å². The van der Waals surface area contributed by atoms with Crippen LogP contribution in [0.5, 0.6) is 11.5 Å². The predicted molar refractivity (Wildman–Crippen MR) is 113 cm³/mol. The van der Waals surface area contributed by atoms with Crippen molar-refractivity contribution in [2.45, 2.75) is 92.3 Å². The summed E-state index contributed by atoms with van der Waals surface area (Å²) >= 11 is 0. The molecule has 28 heavy (non-hydrogen) atoms. The van der Waals surface area contributed by atoms with Gasteiger partial charge in [0.2, 0.25) is 6.79 Å². The molecular formula is C24H37NO3. The van der Waals surface area contributed by atoms with Gasteiger partial charge in [0.15, 0.2) is 17.3 Å². The van der Waals surface area contributed by atoms with Crippen LogP contribution >= 0.6 is 0 Å². The summed E-state index contributed by atoms with van der Waals surface area (Å²) in [5, 5.41) is 0. The zero-order valence-corrected chi connectivity index (χ0v) is 19.1. The normalized spacial score (nSPS) is 24.9. The average molecular weight is 388 g/mol. The van der Waals surface area contributed by atoms with Crippen LogP contribution in [0.4, 0.5) is 0 Å². The lowest BCUT2D eigenvalue weighted by Crippen LogP contribution is -2.59. The van der Waals surface area contributed by atoms with Gasteiger partial charge in [-0.2, -0.15) is 0 Å². The van der Waals surface area contributed by atoms with E-state index in [0.29, 0.717) is 17.1 Å². The zero-order valence-electron chi connectivity index (χ0n) is 19.1. The summed E-state index contributed by atoms with van der Waals surface area (Å²) < 4.78 is 10.9. The van der Waals surface area contributed by atoms with E-state index in [-0.39, 0.29) is 40.5 Å². The first-order valence-corrected chi connectivity index (χ1v) is 10.5. The molecule has 3 rings (SSSR count). The SMILES string of the molecule is CCCC(C(=O)c1ccc2c(c1)OCO2)N1C(C)(C)C(C)(C)C(C)(C)C1(C)C. The van der Waals surface area contributed by atoms with Gasteiger partial charge in [-0.25, -0.2) is 0 Å². The predicted octanol–water partition coefficient (Wildman–Crippen LogP) is 5.69. The summed E-state index contributed by atoms with van der Waals surface area (Å²) in [5.41, 5.74) is 0.504. The number of nitrogens with zero attached hydrogens (tertiary/aromatic N) is 1. The standard InChI is InChI=1S/C24H37NO3/c1-10-11-17(20(26)16-12-13-18-19(14-16)28-15-27-18)25-23(6,7)21(2,3)22(4,5)24(25,8)9/h12-14,17H,10-11,15H2,1-9H3. The molecule has 156 valence electrons. The first-order chi connectivity index (χ1) is 12.8. The second-order valence-corrected chi connectivity index (χ2v) is 10.5. The molecule has 1 atom stereocenters. The first-order valence-electron chi connectivity index (χ1n) is 10.5. The summed E-state index contributed by atoms with van der Waals surface area (Å²) in [6.45, 7) is 21.0. The molecule has 4 heteroatoms. The minimum Gasteiger partial charge on any atom is -0.454 e. The third-order valence-corrected chi connectivity index (χ3v) is 8.66. The van der Waals surface area contributed by atoms with Gasteiger partial charge in [-0.15, -0.1) is 0 Å². The van der Waals surface area contributed by atoms with E-state index in [1.54, 1.807) is 0 Å². The van der Waals surface area contributed by atoms with Gasteiger partial charge in [-0.1, -0.05) is 41.0 Å². The number of carbonyl (C=O) groups is 1. The van der Waals surface area contributed by atoms with Crippen molar-refractivity contribution < 1.29 is 14.3 Å². The molecule has 1 fully saturated rings. The fourth-order valence-electron chi connectivity index (χ4n) is 5.50. The highest BCUT2D eigenvalue weighted by molar-refractivity contribution is 6.00. The van der Waals surface area contributed by atoms with E-state index < -0.39 is 0 Å². The quantitative estimate of drug-likeness (QED) is 0.608.